The van der Waals surface area contributed by atoms with Crippen LogP contribution in [0.4, 0.5) is 5.13 Å². The molecule has 9 heteroatoms. The van der Waals surface area contributed by atoms with Gasteiger partial charge in [0.1, 0.15) is 0 Å². The minimum atomic E-state index is -0.355. The van der Waals surface area contributed by atoms with Crippen molar-refractivity contribution < 1.29 is 4.79 Å². The zero-order chi connectivity index (χ0) is 17.8. The van der Waals surface area contributed by atoms with E-state index in [1.54, 1.807) is 12.1 Å². The number of benzene rings is 2. The maximum absolute atomic E-state index is 12.2. The third-order valence-corrected chi connectivity index (χ3v) is 5.92. The van der Waals surface area contributed by atoms with E-state index in [1.165, 1.54) is 29.2 Å². The number of thioether (sulfide) groups is 1. The number of hydrogen-bond acceptors (Lipinski definition) is 5. The molecule has 25 heavy (non-hydrogen) atoms. The lowest BCUT2D eigenvalue weighted by atomic mass is 10.2. The van der Waals surface area contributed by atoms with E-state index in [0.29, 0.717) is 20.7 Å². The largest absolute Gasteiger partial charge is 0.296 e. The zero-order valence-corrected chi connectivity index (χ0v) is 16.4. The van der Waals surface area contributed by atoms with Crippen molar-refractivity contribution in [1.29, 1.82) is 0 Å². The van der Waals surface area contributed by atoms with Gasteiger partial charge in [-0.15, -0.1) is 10.2 Å². The molecule has 4 nitrogen and oxygen atoms in total. The maximum Gasteiger partial charge on any atom is 0.259 e. The van der Waals surface area contributed by atoms with Crippen LogP contribution in [0.15, 0.2) is 46.8 Å². The average molecular weight is 431 g/mol. The van der Waals surface area contributed by atoms with Crippen molar-refractivity contribution >= 4 is 68.9 Å². The van der Waals surface area contributed by atoms with Gasteiger partial charge in [-0.25, -0.2) is 0 Å². The lowest BCUT2D eigenvalue weighted by molar-refractivity contribution is 0.102. The molecular formula is C16H10Cl3N3OS2. The summed E-state index contributed by atoms with van der Waals surface area (Å²) in [6.45, 7) is 0. The molecular weight excluding hydrogens is 421 g/mol. The Bertz CT molecular complexity index is 900. The highest BCUT2D eigenvalue weighted by atomic mass is 35.5. The molecule has 3 aromatic rings. The number of halogens is 3. The van der Waals surface area contributed by atoms with Gasteiger partial charge in [0.05, 0.1) is 10.6 Å². The summed E-state index contributed by atoms with van der Waals surface area (Å²) in [4.78, 5) is 12.2. The Morgan fingerprint density at radius 1 is 1.04 bits per heavy atom. The summed E-state index contributed by atoms with van der Waals surface area (Å²) < 4.78 is 0.757. The molecule has 0 radical (unpaired) electrons. The van der Waals surface area contributed by atoms with Crippen LogP contribution in [0, 0.1) is 0 Å². The predicted octanol–water partition coefficient (Wildman–Crippen LogP) is 6.04. The number of carbonyl (C=O) groups excluding carboxylic acids is 1. The fourth-order valence-electron chi connectivity index (χ4n) is 1.88. The molecule has 1 aromatic heterocycles. The van der Waals surface area contributed by atoms with E-state index in [-0.39, 0.29) is 10.9 Å². The van der Waals surface area contributed by atoms with E-state index in [4.69, 9.17) is 34.8 Å². The zero-order valence-electron chi connectivity index (χ0n) is 12.5. The summed E-state index contributed by atoms with van der Waals surface area (Å²) in [5.74, 6) is 0.384. The van der Waals surface area contributed by atoms with E-state index in [9.17, 15) is 4.79 Å². The Kier molecular flexibility index (Phi) is 6.19. The van der Waals surface area contributed by atoms with E-state index < -0.39 is 0 Å². The summed E-state index contributed by atoms with van der Waals surface area (Å²) >= 11 is 20.6. The molecule has 0 aliphatic rings. The van der Waals surface area contributed by atoms with Crippen molar-refractivity contribution in [3.8, 4) is 0 Å². The Morgan fingerprint density at radius 3 is 2.48 bits per heavy atom. The highest BCUT2D eigenvalue weighted by Crippen LogP contribution is 2.29. The Balaban J connectivity index is 1.61. The standard InChI is InChI=1S/C16H10Cl3N3OS2/c17-10-3-1-9(2-4-10)8-24-16-22-21-15(25-16)20-14(23)12-6-5-11(18)7-13(12)19/h1-7H,8H2,(H,20,21,23). The minimum absolute atomic E-state index is 0.284. The Labute approximate surface area is 167 Å². The summed E-state index contributed by atoms with van der Waals surface area (Å²) in [6, 6.07) is 12.3. The lowest BCUT2D eigenvalue weighted by Gasteiger charge is -2.03. The van der Waals surface area contributed by atoms with Crippen LogP contribution in [-0.2, 0) is 5.75 Å². The monoisotopic (exact) mass is 429 g/mol. The molecule has 2 aromatic carbocycles. The first-order valence-electron chi connectivity index (χ1n) is 6.98. The second-order valence-electron chi connectivity index (χ2n) is 4.87. The highest BCUT2D eigenvalue weighted by Gasteiger charge is 2.14. The first kappa shape index (κ1) is 18.5. The van der Waals surface area contributed by atoms with Gasteiger partial charge in [-0.3, -0.25) is 10.1 Å². The smallest absolute Gasteiger partial charge is 0.259 e. The number of amides is 1. The Hall–Kier alpha value is -1.31. The van der Waals surface area contributed by atoms with Crippen molar-refractivity contribution in [2.24, 2.45) is 0 Å². The molecule has 3 rings (SSSR count). The van der Waals surface area contributed by atoms with Crippen molar-refractivity contribution in [3.05, 3.63) is 68.7 Å². The van der Waals surface area contributed by atoms with Crippen LogP contribution in [-0.4, -0.2) is 16.1 Å². The second-order valence-corrected chi connectivity index (χ2v) is 8.35. The minimum Gasteiger partial charge on any atom is -0.296 e. The maximum atomic E-state index is 12.2. The first-order valence-corrected chi connectivity index (χ1v) is 9.92. The van der Waals surface area contributed by atoms with Gasteiger partial charge in [-0.05, 0) is 35.9 Å². The van der Waals surface area contributed by atoms with E-state index in [1.807, 2.05) is 24.3 Å². The van der Waals surface area contributed by atoms with Crippen LogP contribution in [0.25, 0.3) is 0 Å². The third kappa shape index (κ3) is 5.09. The molecule has 1 N–H and O–H groups in total. The number of nitrogens with one attached hydrogen (secondary N) is 1. The normalized spacial score (nSPS) is 10.7. The summed E-state index contributed by atoms with van der Waals surface area (Å²) in [5, 5.41) is 12.6. The summed E-state index contributed by atoms with van der Waals surface area (Å²) in [7, 11) is 0. The van der Waals surface area contributed by atoms with Crippen LogP contribution in [0.2, 0.25) is 15.1 Å². The Morgan fingerprint density at radius 2 is 1.76 bits per heavy atom. The number of carbonyl (C=O) groups is 1. The van der Waals surface area contributed by atoms with Gasteiger partial charge in [0.2, 0.25) is 5.13 Å². The summed E-state index contributed by atoms with van der Waals surface area (Å²) in [6.07, 6.45) is 0. The van der Waals surface area contributed by atoms with Crippen LogP contribution in [0.5, 0.6) is 0 Å². The molecule has 0 aliphatic heterocycles. The number of anilines is 1. The van der Waals surface area contributed by atoms with Crippen molar-refractivity contribution in [2.75, 3.05) is 5.32 Å². The molecule has 0 aliphatic carbocycles. The lowest BCUT2D eigenvalue weighted by Crippen LogP contribution is -2.12. The van der Waals surface area contributed by atoms with Gasteiger partial charge in [0.15, 0.2) is 4.34 Å². The molecule has 0 fully saturated rings. The SMILES string of the molecule is O=C(Nc1nnc(SCc2ccc(Cl)cc2)s1)c1ccc(Cl)cc1Cl. The quantitative estimate of drug-likeness (QED) is 0.396. The molecule has 0 bridgehead atoms. The van der Waals surface area contributed by atoms with Crippen molar-refractivity contribution in [2.45, 2.75) is 10.1 Å². The second kappa shape index (κ2) is 8.38. The summed E-state index contributed by atoms with van der Waals surface area (Å²) in [5.41, 5.74) is 1.46. The van der Waals surface area contributed by atoms with E-state index in [0.717, 1.165) is 15.7 Å². The van der Waals surface area contributed by atoms with Gasteiger partial charge >= 0.3 is 0 Å². The van der Waals surface area contributed by atoms with Gasteiger partial charge < -0.3 is 0 Å². The van der Waals surface area contributed by atoms with Crippen LogP contribution in [0.1, 0.15) is 15.9 Å². The van der Waals surface area contributed by atoms with Crippen LogP contribution < -0.4 is 5.32 Å². The van der Waals surface area contributed by atoms with Gasteiger partial charge in [0, 0.05) is 15.8 Å². The molecule has 0 unspecified atom stereocenters. The fraction of sp³-hybridized carbons (Fsp3) is 0.0625. The number of hydrogen-bond donors (Lipinski definition) is 1. The van der Waals surface area contributed by atoms with Crippen LogP contribution >= 0.6 is 57.9 Å². The van der Waals surface area contributed by atoms with Crippen molar-refractivity contribution in [3.63, 3.8) is 0 Å². The molecule has 128 valence electrons. The predicted molar refractivity (Wildman–Crippen MR) is 105 cm³/mol. The van der Waals surface area contributed by atoms with E-state index in [2.05, 4.69) is 15.5 Å². The van der Waals surface area contributed by atoms with Crippen molar-refractivity contribution in [1.82, 2.24) is 10.2 Å². The third-order valence-electron chi connectivity index (χ3n) is 3.08. The molecule has 0 saturated carbocycles. The molecule has 1 amide bonds. The molecule has 0 saturated heterocycles. The highest BCUT2D eigenvalue weighted by molar-refractivity contribution is 8.00. The van der Waals surface area contributed by atoms with Gasteiger partial charge in [-0.2, -0.15) is 0 Å². The van der Waals surface area contributed by atoms with Crippen LogP contribution in [0.3, 0.4) is 0 Å². The van der Waals surface area contributed by atoms with Gasteiger partial charge in [0.25, 0.3) is 5.91 Å². The fourth-order valence-corrected chi connectivity index (χ4v) is 4.21. The van der Waals surface area contributed by atoms with E-state index >= 15 is 0 Å². The number of nitrogens with zero attached hydrogens (tertiary/aromatic N) is 2. The average Bonchev–Trinajstić information content (AvgIpc) is 3.01. The topological polar surface area (TPSA) is 54.9 Å². The molecule has 0 spiro atoms. The van der Waals surface area contributed by atoms with Gasteiger partial charge in [-0.1, -0.05) is 70.0 Å². The number of aromatic nitrogens is 2. The number of rotatable bonds is 5. The molecule has 1 heterocycles. The first-order chi connectivity index (χ1) is 12.0. The molecule has 0 atom stereocenters.